The predicted molar refractivity (Wildman–Crippen MR) is 90.2 cm³/mol. The molecule has 1 heterocycles. The zero-order valence-electron chi connectivity index (χ0n) is 14.4. The number of hydrogen-bond acceptors (Lipinski definition) is 4. The maximum Gasteiger partial charge on any atom is 0.220 e. The van der Waals surface area contributed by atoms with Gasteiger partial charge in [0.15, 0.2) is 11.6 Å². The number of carbonyl (C=O) groups is 1. The number of aliphatic hydroxyl groups is 1. The second-order valence-corrected chi connectivity index (χ2v) is 6.61. The van der Waals surface area contributed by atoms with Crippen LogP contribution in [-0.4, -0.2) is 43.4 Å². The highest BCUT2D eigenvalue weighted by atomic mass is 19.2. The summed E-state index contributed by atoms with van der Waals surface area (Å²) in [6.07, 6.45) is 1.67. The normalized spacial score (nSPS) is 17.8. The van der Waals surface area contributed by atoms with Crippen LogP contribution >= 0.6 is 0 Å². The fourth-order valence-electron chi connectivity index (χ4n) is 2.99. The van der Waals surface area contributed by atoms with Crippen molar-refractivity contribution in [3.8, 4) is 5.75 Å². The molecule has 1 aromatic rings. The smallest absolute Gasteiger partial charge is 0.220 e. The third kappa shape index (κ3) is 6.59. The quantitative estimate of drug-likeness (QED) is 0.665. The van der Waals surface area contributed by atoms with Crippen molar-refractivity contribution in [3.05, 3.63) is 29.8 Å². The van der Waals surface area contributed by atoms with E-state index < -0.39 is 17.7 Å². The van der Waals surface area contributed by atoms with Gasteiger partial charge in [0.05, 0.1) is 0 Å². The Morgan fingerprint density at radius 3 is 2.76 bits per heavy atom. The zero-order chi connectivity index (χ0) is 18.2. The fourth-order valence-corrected chi connectivity index (χ4v) is 2.99. The third-order valence-corrected chi connectivity index (χ3v) is 4.56. The Kier molecular flexibility index (Phi) is 7.58. The van der Waals surface area contributed by atoms with Crippen LogP contribution in [0.4, 0.5) is 8.78 Å². The highest BCUT2D eigenvalue weighted by molar-refractivity contribution is 5.76. The number of carbonyl (C=O) groups excluding carboxylic acids is 1. The lowest BCUT2D eigenvalue weighted by Crippen LogP contribution is -2.37. The Balaban J connectivity index is 1.65. The van der Waals surface area contributed by atoms with E-state index in [4.69, 9.17) is 4.74 Å². The minimum atomic E-state index is -1.01. The first-order valence-electron chi connectivity index (χ1n) is 8.69. The molecule has 1 saturated heterocycles. The van der Waals surface area contributed by atoms with E-state index in [-0.39, 0.29) is 24.8 Å². The van der Waals surface area contributed by atoms with Crippen molar-refractivity contribution in [2.24, 2.45) is 11.8 Å². The van der Waals surface area contributed by atoms with Crippen molar-refractivity contribution in [1.82, 2.24) is 10.6 Å². The lowest BCUT2D eigenvalue weighted by molar-refractivity contribution is -0.122. The van der Waals surface area contributed by atoms with Gasteiger partial charge in [-0.15, -0.1) is 0 Å². The molecule has 1 amide bonds. The average molecular weight is 356 g/mol. The minimum absolute atomic E-state index is 0.0570. The molecule has 0 saturated carbocycles. The fraction of sp³-hybridized carbons (Fsp3) is 0.611. The Labute approximate surface area is 146 Å². The summed E-state index contributed by atoms with van der Waals surface area (Å²) in [6.45, 7) is 4.02. The number of benzene rings is 1. The van der Waals surface area contributed by atoms with Gasteiger partial charge in [0.1, 0.15) is 18.5 Å². The first-order valence-corrected chi connectivity index (χ1v) is 8.69. The maximum absolute atomic E-state index is 13.1. The van der Waals surface area contributed by atoms with Crippen LogP contribution < -0.4 is 15.4 Å². The van der Waals surface area contributed by atoms with Crippen LogP contribution in [0.3, 0.4) is 0 Å². The molecule has 1 fully saturated rings. The zero-order valence-corrected chi connectivity index (χ0v) is 14.4. The molecule has 2 atom stereocenters. The second kappa shape index (κ2) is 9.68. The van der Waals surface area contributed by atoms with Crippen LogP contribution in [0, 0.1) is 23.5 Å². The summed E-state index contributed by atoms with van der Waals surface area (Å²) < 4.78 is 31.1. The van der Waals surface area contributed by atoms with Gasteiger partial charge in [-0.1, -0.05) is 6.92 Å². The van der Waals surface area contributed by atoms with Crippen molar-refractivity contribution in [2.45, 2.75) is 32.3 Å². The Morgan fingerprint density at radius 1 is 1.36 bits per heavy atom. The van der Waals surface area contributed by atoms with E-state index in [9.17, 15) is 18.7 Å². The highest BCUT2D eigenvalue weighted by Crippen LogP contribution is 2.24. The van der Waals surface area contributed by atoms with Gasteiger partial charge in [0.25, 0.3) is 0 Å². The average Bonchev–Trinajstić information content (AvgIpc) is 2.61. The van der Waals surface area contributed by atoms with Crippen molar-refractivity contribution < 1.29 is 23.4 Å². The van der Waals surface area contributed by atoms with Gasteiger partial charge >= 0.3 is 0 Å². The Hall–Kier alpha value is -1.73. The summed E-state index contributed by atoms with van der Waals surface area (Å²) in [5, 5.41) is 15.8. The van der Waals surface area contributed by atoms with Gasteiger partial charge in [-0.3, -0.25) is 4.79 Å². The van der Waals surface area contributed by atoms with Crippen LogP contribution in [0.5, 0.6) is 5.75 Å². The van der Waals surface area contributed by atoms with Crippen LogP contribution in [-0.2, 0) is 4.79 Å². The van der Waals surface area contributed by atoms with Crippen LogP contribution in [0.15, 0.2) is 18.2 Å². The molecular formula is C18H26F2N2O3. The van der Waals surface area contributed by atoms with E-state index in [0.717, 1.165) is 38.1 Å². The van der Waals surface area contributed by atoms with Gasteiger partial charge in [-0.05, 0) is 49.9 Å². The summed E-state index contributed by atoms with van der Waals surface area (Å²) >= 11 is 0. The molecule has 2 rings (SSSR count). The molecule has 0 bridgehead atoms. The number of ether oxygens (including phenoxy) is 1. The Bertz CT molecular complexity index is 565. The first kappa shape index (κ1) is 19.6. The predicted octanol–water partition coefficient (Wildman–Crippen LogP) is 1.85. The van der Waals surface area contributed by atoms with Gasteiger partial charge < -0.3 is 20.5 Å². The number of nitrogens with one attached hydrogen (secondary N) is 2. The SMILES string of the molecule is CC(CC(=O)NCC(O)COc1ccc(F)c(F)c1)C1CCNCC1. The van der Waals surface area contributed by atoms with Crippen LogP contribution in [0.1, 0.15) is 26.2 Å². The van der Waals surface area contributed by atoms with Gasteiger partial charge in [-0.2, -0.15) is 0 Å². The number of aliphatic hydroxyl groups excluding tert-OH is 1. The molecule has 140 valence electrons. The molecule has 25 heavy (non-hydrogen) atoms. The number of hydrogen-bond donors (Lipinski definition) is 3. The molecule has 7 heteroatoms. The lowest BCUT2D eigenvalue weighted by atomic mass is 9.84. The summed E-state index contributed by atoms with van der Waals surface area (Å²) in [7, 11) is 0. The molecule has 0 radical (unpaired) electrons. The summed E-state index contributed by atoms with van der Waals surface area (Å²) in [6, 6.07) is 3.16. The topological polar surface area (TPSA) is 70.6 Å². The first-order chi connectivity index (χ1) is 12.0. The minimum Gasteiger partial charge on any atom is -0.491 e. The molecule has 1 aliphatic rings. The largest absolute Gasteiger partial charge is 0.491 e. The monoisotopic (exact) mass is 356 g/mol. The number of rotatable bonds is 8. The van der Waals surface area contributed by atoms with E-state index in [0.29, 0.717) is 18.3 Å². The van der Waals surface area contributed by atoms with Gasteiger partial charge in [0.2, 0.25) is 5.91 Å². The molecule has 0 spiro atoms. The second-order valence-electron chi connectivity index (χ2n) is 6.61. The highest BCUT2D eigenvalue weighted by Gasteiger charge is 2.22. The van der Waals surface area contributed by atoms with E-state index in [1.807, 2.05) is 0 Å². The van der Waals surface area contributed by atoms with Gasteiger partial charge in [-0.25, -0.2) is 8.78 Å². The van der Waals surface area contributed by atoms with Crippen LogP contribution in [0.25, 0.3) is 0 Å². The Morgan fingerprint density at radius 2 is 2.08 bits per heavy atom. The molecule has 3 N–H and O–H groups in total. The molecule has 5 nitrogen and oxygen atoms in total. The van der Waals surface area contributed by atoms with Gasteiger partial charge in [0, 0.05) is 19.0 Å². The third-order valence-electron chi connectivity index (χ3n) is 4.56. The summed E-state index contributed by atoms with van der Waals surface area (Å²) in [5.41, 5.74) is 0. The summed E-state index contributed by atoms with van der Waals surface area (Å²) in [4.78, 5) is 12.0. The molecule has 0 aliphatic carbocycles. The molecule has 0 aromatic heterocycles. The number of halogens is 2. The van der Waals surface area contributed by atoms with Crippen molar-refractivity contribution in [1.29, 1.82) is 0 Å². The molecular weight excluding hydrogens is 330 g/mol. The van der Waals surface area contributed by atoms with E-state index in [2.05, 4.69) is 17.6 Å². The number of piperidine rings is 1. The van der Waals surface area contributed by atoms with Crippen molar-refractivity contribution in [3.63, 3.8) is 0 Å². The molecule has 2 unspecified atom stereocenters. The number of amides is 1. The van der Waals surface area contributed by atoms with E-state index in [1.165, 1.54) is 6.07 Å². The molecule has 1 aromatic carbocycles. The van der Waals surface area contributed by atoms with E-state index >= 15 is 0 Å². The maximum atomic E-state index is 13.1. The van der Waals surface area contributed by atoms with E-state index in [1.54, 1.807) is 0 Å². The molecule has 1 aliphatic heterocycles. The van der Waals surface area contributed by atoms with Crippen molar-refractivity contribution in [2.75, 3.05) is 26.2 Å². The standard InChI is InChI=1S/C18H26F2N2O3/c1-12(13-4-6-21-7-5-13)8-18(24)22-10-14(23)11-25-15-2-3-16(19)17(20)9-15/h2-3,9,12-14,21,23H,4-8,10-11H2,1H3,(H,22,24). The van der Waals surface area contributed by atoms with Crippen molar-refractivity contribution >= 4 is 5.91 Å². The lowest BCUT2D eigenvalue weighted by Gasteiger charge is -2.28. The summed E-state index contributed by atoms with van der Waals surface area (Å²) in [5.74, 6) is -1.08. The van der Waals surface area contributed by atoms with Crippen LogP contribution in [0.2, 0.25) is 0 Å².